The molecule has 0 saturated heterocycles. The molecule has 1 N–H and O–H groups in total. The number of rotatable bonds is 10. The molecule has 22 heavy (non-hydrogen) atoms. The van der Waals surface area contributed by atoms with Gasteiger partial charge in [-0.15, -0.1) is 0 Å². The number of benzene rings is 1. The van der Waals surface area contributed by atoms with Crippen LogP contribution >= 0.6 is 0 Å². The first-order valence-electron chi connectivity index (χ1n) is 7.77. The second-order valence-electron chi connectivity index (χ2n) is 5.92. The summed E-state index contributed by atoms with van der Waals surface area (Å²) in [6.45, 7) is 6.25. The molecule has 5 heteroatoms. The maximum atomic E-state index is 10.9. The van der Waals surface area contributed by atoms with Crippen molar-refractivity contribution in [1.82, 2.24) is 4.90 Å². The van der Waals surface area contributed by atoms with Gasteiger partial charge in [-0.3, -0.25) is 4.79 Å². The summed E-state index contributed by atoms with van der Waals surface area (Å²) in [5.41, 5.74) is 0.969. The molecule has 0 heterocycles. The number of hydrogen-bond acceptors (Lipinski definition) is 4. The fourth-order valence-corrected chi connectivity index (χ4v) is 2.23. The Morgan fingerprint density at radius 3 is 2.45 bits per heavy atom. The van der Waals surface area contributed by atoms with Gasteiger partial charge in [0.05, 0.1) is 18.2 Å². The molecule has 0 fully saturated rings. The molecule has 0 aliphatic rings. The largest absolute Gasteiger partial charge is 0.489 e. The van der Waals surface area contributed by atoms with Gasteiger partial charge in [0.15, 0.2) is 0 Å². The van der Waals surface area contributed by atoms with Crippen molar-refractivity contribution >= 4 is 11.7 Å². The second kappa shape index (κ2) is 9.30. The standard InChI is InChI=1S/C17H28N2O3/c1-14(2)22-16-9-6-5-8-15(16)19(13-10-17(20)21)12-7-11-18(3)4/h5-6,8-9,14H,7,10-13H2,1-4H3,(H,20,21). The lowest BCUT2D eigenvalue weighted by atomic mass is 10.2. The molecule has 0 amide bonds. The van der Waals surface area contributed by atoms with Gasteiger partial charge in [-0.05, 0) is 53.0 Å². The molecule has 0 unspecified atom stereocenters. The van der Waals surface area contributed by atoms with Crippen LogP contribution in [-0.4, -0.2) is 55.8 Å². The maximum Gasteiger partial charge on any atom is 0.305 e. The maximum absolute atomic E-state index is 10.9. The molecular weight excluding hydrogens is 280 g/mol. The molecule has 124 valence electrons. The van der Waals surface area contributed by atoms with E-state index in [1.165, 1.54) is 0 Å². The van der Waals surface area contributed by atoms with Crippen molar-refractivity contribution in [1.29, 1.82) is 0 Å². The van der Waals surface area contributed by atoms with E-state index >= 15 is 0 Å². The summed E-state index contributed by atoms with van der Waals surface area (Å²) in [5.74, 6) is 0.0348. The van der Waals surface area contributed by atoms with E-state index in [0.29, 0.717) is 6.54 Å². The van der Waals surface area contributed by atoms with Gasteiger partial charge in [0, 0.05) is 13.1 Å². The second-order valence-corrected chi connectivity index (χ2v) is 5.92. The van der Waals surface area contributed by atoms with Gasteiger partial charge in [-0.25, -0.2) is 0 Å². The molecule has 0 radical (unpaired) electrons. The minimum Gasteiger partial charge on any atom is -0.489 e. The zero-order valence-electron chi connectivity index (χ0n) is 14.1. The Bertz CT molecular complexity index is 461. The summed E-state index contributed by atoms with van der Waals surface area (Å²) in [7, 11) is 4.08. The van der Waals surface area contributed by atoms with Crippen molar-refractivity contribution in [3.8, 4) is 5.75 Å². The highest BCUT2D eigenvalue weighted by molar-refractivity contribution is 5.68. The summed E-state index contributed by atoms with van der Waals surface area (Å²) < 4.78 is 5.86. The van der Waals surface area contributed by atoms with Crippen molar-refractivity contribution in [2.45, 2.75) is 32.8 Å². The number of carboxylic acid groups (broad SMARTS) is 1. The highest BCUT2D eigenvalue weighted by atomic mass is 16.5. The molecular formula is C17H28N2O3. The minimum atomic E-state index is -0.778. The first-order valence-corrected chi connectivity index (χ1v) is 7.77. The first-order chi connectivity index (χ1) is 10.4. The van der Waals surface area contributed by atoms with Gasteiger partial charge in [0.25, 0.3) is 0 Å². The van der Waals surface area contributed by atoms with Gasteiger partial charge < -0.3 is 19.6 Å². The summed E-state index contributed by atoms with van der Waals surface area (Å²) in [6.07, 6.45) is 1.19. The third-order valence-corrected chi connectivity index (χ3v) is 3.20. The predicted octanol–water partition coefficient (Wildman–Crippen LogP) is 2.71. The zero-order valence-corrected chi connectivity index (χ0v) is 14.1. The van der Waals surface area contributed by atoms with Crippen molar-refractivity contribution in [2.75, 3.05) is 38.6 Å². The summed E-state index contributed by atoms with van der Waals surface area (Å²) >= 11 is 0. The molecule has 0 atom stereocenters. The lowest BCUT2D eigenvalue weighted by molar-refractivity contribution is -0.136. The predicted molar refractivity (Wildman–Crippen MR) is 89.8 cm³/mol. The number of carbonyl (C=O) groups is 1. The third kappa shape index (κ3) is 6.80. The van der Waals surface area contributed by atoms with Crippen LogP contribution in [0.4, 0.5) is 5.69 Å². The zero-order chi connectivity index (χ0) is 16.5. The van der Waals surface area contributed by atoms with Gasteiger partial charge in [0.2, 0.25) is 0 Å². The fourth-order valence-electron chi connectivity index (χ4n) is 2.23. The van der Waals surface area contributed by atoms with E-state index in [4.69, 9.17) is 9.84 Å². The van der Waals surface area contributed by atoms with Crippen LogP contribution < -0.4 is 9.64 Å². The SMILES string of the molecule is CC(C)Oc1ccccc1N(CCCN(C)C)CCC(=O)O. The number of anilines is 1. The van der Waals surface area contributed by atoms with Crippen LogP contribution in [0.15, 0.2) is 24.3 Å². The van der Waals surface area contributed by atoms with Gasteiger partial charge in [-0.2, -0.15) is 0 Å². The smallest absolute Gasteiger partial charge is 0.305 e. The summed E-state index contributed by atoms with van der Waals surface area (Å²) in [6, 6.07) is 7.84. The van der Waals surface area contributed by atoms with Crippen LogP contribution in [0.1, 0.15) is 26.7 Å². The average Bonchev–Trinajstić information content (AvgIpc) is 2.42. The lowest BCUT2D eigenvalue weighted by Gasteiger charge is -2.27. The highest BCUT2D eigenvalue weighted by Crippen LogP contribution is 2.29. The van der Waals surface area contributed by atoms with E-state index in [9.17, 15) is 4.79 Å². The molecule has 0 aliphatic heterocycles. The van der Waals surface area contributed by atoms with Crippen LogP contribution in [-0.2, 0) is 4.79 Å². The molecule has 0 aliphatic carbocycles. The van der Waals surface area contributed by atoms with Gasteiger partial charge >= 0.3 is 5.97 Å². The van der Waals surface area contributed by atoms with E-state index in [2.05, 4.69) is 9.80 Å². The number of ether oxygens (including phenoxy) is 1. The number of hydrogen-bond donors (Lipinski definition) is 1. The number of nitrogens with zero attached hydrogens (tertiary/aromatic N) is 2. The van der Waals surface area contributed by atoms with Crippen LogP contribution in [0.2, 0.25) is 0 Å². The normalized spacial score (nSPS) is 11.0. The molecule has 1 aromatic carbocycles. The van der Waals surface area contributed by atoms with Crippen LogP contribution in [0.5, 0.6) is 5.75 Å². The quantitative estimate of drug-likeness (QED) is 0.720. The lowest BCUT2D eigenvalue weighted by Crippen LogP contribution is -2.30. The Kier molecular flexibility index (Phi) is 7.74. The van der Waals surface area contributed by atoms with Gasteiger partial charge in [-0.1, -0.05) is 12.1 Å². The summed E-state index contributed by atoms with van der Waals surface area (Å²) in [5, 5.41) is 8.97. The number of para-hydroxylation sites is 2. The Morgan fingerprint density at radius 2 is 1.86 bits per heavy atom. The van der Waals surface area contributed by atoms with E-state index < -0.39 is 5.97 Å². The molecule has 5 nitrogen and oxygen atoms in total. The van der Waals surface area contributed by atoms with Gasteiger partial charge in [0.1, 0.15) is 5.75 Å². The van der Waals surface area contributed by atoms with Crippen molar-refractivity contribution in [3.63, 3.8) is 0 Å². The monoisotopic (exact) mass is 308 g/mol. The highest BCUT2D eigenvalue weighted by Gasteiger charge is 2.14. The number of aliphatic carboxylic acids is 1. The Labute approximate surface area is 133 Å². The molecule has 1 aromatic rings. The van der Waals surface area contributed by atoms with Crippen LogP contribution in [0.3, 0.4) is 0 Å². The molecule has 0 spiro atoms. The third-order valence-electron chi connectivity index (χ3n) is 3.20. The van der Waals surface area contributed by atoms with E-state index in [1.54, 1.807) is 0 Å². The van der Waals surface area contributed by atoms with Crippen LogP contribution in [0, 0.1) is 0 Å². The topological polar surface area (TPSA) is 53.0 Å². The molecule has 0 bridgehead atoms. The average molecular weight is 308 g/mol. The summed E-state index contributed by atoms with van der Waals surface area (Å²) in [4.78, 5) is 15.2. The Hall–Kier alpha value is -1.75. The van der Waals surface area contributed by atoms with Crippen molar-refractivity contribution in [2.24, 2.45) is 0 Å². The van der Waals surface area contributed by atoms with Crippen LogP contribution in [0.25, 0.3) is 0 Å². The van der Waals surface area contributed by atoms with Crippen molar-refractivity contribution < 1.29 is 14.6 Å². The van der Waals surface area contributed by atoms with Crippen molar-refractivity contribution in [3.05, 3.63) is 24.3 Å². The minimum absolute atomic E-state index is 0.0873. The Balaban J connectivity index is 2.86. The first kappa shape index (κ1) is 18.3. The van der Waals surface area contributed by atoms with E-state index in [-0.39, 0.29) is 12.5 Å². The molecule has 1 rings (SSSR count). The van der Waals surface area contributed by atoms with E-state index in [1.807, 2.05) is 52.2 Å². The fraction of sp³-hybridized carbons (Fsp3) is 0.588. The molecule has 0 saturated carbocycles. The Morgan fingerprint density at radius 1 is 1.18 bits per heavy atom. The molecule has 0 aromatic heterocycles. The number of carboxylic acids is 1. The van der Waals surface area contributed by atoms with E-state index in [0.717, 1.165) is 30.9 Å².